The molecule has 1 fully saturated rings. The molecule has 37 heavy (non-hydrogen) atoms. The molecule has 1 aliphatic rings. The minimum absolute atomic E-state index is 0.0454. The van der Waals surface area contributed by atoms with Gasteiger partial charge in [-0.05, 0) is 81.3 Å². The maximum Gasteiger partial charge on any atom is 0.410 e. The summed E-state index contributed by atoms with van der Waals surface area (Å²) in [5, 5.41) is 21.5. The highest BCUT2D eigenvalue weighted by atomic mass is 32.1. The minimum atomic E-state index is -0.571. The highest BCUT2D eigenvalue weighted by Gasteiger charge is 2.32. The van der Waals surface area contributed by atoms with Crippen molar-refractivity contribution in [2.45, 2.75) is 64.9 Å². The Morgan fingerprint density at radius 1 is 1.19 bits per heavy atom. The molecule has 7 nitrogen and oxygen atoms in total. The van der Waals surface area contributed by atoms with E-state index in [0.717, 1.165) is 20.5 Å². The number of amides is 1. The highest BCUT2D eigenvalue weighted by Crippen LogP contribution is 2.40. The van der Waals surface area contributed by atoms with Crippen molar-refractivity contribution in [3.05, 3.63) is 58.0 Å². The second kappa shape index (κ2) is 10.8. The molecule has 2 aromatic carbocycles. The second-order valence-corrected chi connectivity index (χ2v) is 11.5. The van der Waals surface area contributed by atoms with Crippen LogP contribution in [0.4, 0.5) is 4.79 Å². The first kappa shape index (κ1) is 26.5. The van der Waals surface area contributed by atoms with E-state index in [2.05, 4.69) is 12.1 Å². The predicted molar refractivity (Wildman–Crippen MR) is 143 cm³/mol. The predicted octanol–water partition coefficient (Wildman–Crippen LogP) is 6.30. The molecule has 0 spiro atoms. The molecule has 4 rings (SSSR count). The van der Waals surface area contributed by atoms with Crippen LogP contribution in [0.15, 0.2) is 36.4 Å². The Morgan fingerprint density at radius 3 is 2.68 bits per heavy atom. The van der Waals surface area contributed by atoms with Gasteiger partial charge in [-0.1, -0.05) is 13.0 Å². The third-order valence-electron chi connectivity index (χ3n) is 6.38. The van der Waals surface area contributed by atoms with E-state index in [1.54, 1.807) is 35.3 Å². The number of carbonyl (C=O) groups is 2. The largest absolute Gasteiger partial charge is 0.507 e. The summed E-state index contributed by atoms with van der Waals surface area (Å²) >= 11 is 1.65. The molecule has 1 aliphatic heterocycles. The van der Waals surface area contributed by atoms with Gasteiger partial charge in [-0.3, -0.25) is 4.79 Å². The van der Waals surface area contributed by atoms with Crippen LogP contribution in [-0.4, -0.2) is 40.8 Å². The van der Waals surface area contributed by atoms with E-state index in [1.165, 1.54) is 0 Å². The number of aromatic hydroxyl groups is 1. The van der Waals surface area contributed by atoms with Gasteiger partial charge in [-0.25, -0.2) is 4.79 Å². The van der Waals surface area contributed by atoms with Crippen molar-refractivity contribution < 1.29 is 24.2 Å². The first-order valence-corrected chi connectivity index (χ1v) is 13.4. The average Bonchev–Trinajstić information content (AvgIpc) is 3.49. The fourth-order valence-corrected chi connectivity index (χ4v) is 5.59. The Kier molecular flexibility index (Phi) is 7.74. The molecule has 1 aromatic heterocycles. The standard InChI is InChI=1S/C29H32N2O5S/c1-5-26(32)35-24-10-9-22(19-12-13-31(17-19)28(34)36-29(2,3)4)27(33)23(24)8-7-21-15-20-14-18(16-30)6-11-25(20)37-21/h6,9-11,14-15,19,33H,5,7-8,12-13,17H2,1-4H3/t19-/m1/s1. The highest BCUT2D eigenvalue weighted by molar-refractivity contribution is 7.19. The molecule has 2 heterocycles. The number of hydrogen-bond acceptors (Lipinski definition) is 7. The summed E-state index contributed by atoms with van der Waals surface area (Å²) < 4.78 is 12.2. The van der Waals surface area contributed by atoms with Crippen LogP contribution in [-0.2, 0) is 22.4 Å². The fraction of sp³-hybridized carbons (Fsp3) is 0.414. The van der Waals surface area contributed by atoms with Gasteiger partial charge in [0.2, 0.25) is 0 Å². The number of fused-ring (bicyclic) bond motifs is 1. The summed E-state index contributed by atoms with van der Waals surface area (Å²) in [7, 11) is 0. The van der Waals surface area contributed by atoms with Crippen molar-refractivity contribution in [3.63, 3.8) is 0 Å². The quantitative estimate of drug-likeness (QED) is 0.302. The minimum Gasteiger partial charge on any atom is -0.507 e. The molecule has 0 saturated carbocycles. The lowest BCUT2D eigenvalue weighted by Crippen LogP contribution is -2.35. The van der Waals surface area contributed by atoms with Crippen LogP contribution < -0.4 is 4.74 Å². The fourth-order valence-electron chi connectivity index (χ4n) is 4.54. The van der Waals surface area contributed by atoms with Crippen LogP contribution in [0.1, 0.15) is 68.0 Å². The Morgan fingerprint density at radius 2 is 1.97 bits per heavy atom. The van der Waals surface area contributed by atoms with Crippen LogP contribution in [0.25, 0.3) is 10.1 Å². The Balaban J connectivity index is 1.57. The van der Waals surface area contributed by atoms with Gasteiger partial charge in [-0.15, -0.1) is 11.3 Å². The van der Waals surface area contributed by atoms with E-state index in [4.69, 9.17) is 9.47 Å². The SMILES string of the molecule is CCC(=O)Oc1ccc([C@@H]2CCN(C(=O)OC(C)(C)C)C2)c(O)c1CCc1cc2cc(C#N)ccc2s1. The van der Waals surface area contributed by atoms with Gasteiger partial charge in [0.15, 0.2) is 0 Å². The molecule has 0 aliphatic carbocycles. The molecule has 194 valence electrons. The molecule has 1 atom stereocenters. The van der Waals surface area contributed by atoms with E-state index in [-0.39, 0.29) is 30.2 Å². The number of ether oxygens (including phenoxy) is 2. The van der Waals surface area contributed by atoms with Crippen LogP contribution in [0.5, 0.6) is 11.5 Å². The number of esters is 1. The molecule has 3 aromatic rings. The molecule has 1 amide bonds. The van der Waals surface area contributed by atoms with Crippen molar-refractivity contribution in [1.82, 2.24) is 4.90 Å². The average molecular weight is 521 g/mol. The molecule has 1 saturated heterocycles. The number of thiophene rings is 1. The van der Waals surface area contributed by atoms with Crippen molar-refractivity contribution in [1.29, 1.82) is 5.26 Å². The van der Waals surface area contributed by atoms with Crippen LogP contribution in [0, 0.1) is 11.3 Å². The summed E-state index contributed by atoms with van der Waals surface area (Å²) in [6, 6.07) is 13.4. The summed E-state index contributed by atoms with van der Waals surface area (Å²) in [4.78, 5) is 27.4. The lowest BCUT2D eigenvalue weighted by Gasteiger charge is -2.24. The first-order valence-electron chi connectivity index (χ1n) is 12.5. The molecular weight excluding hydrogens is 488 g/mol. The van der Waals surface area contributed by atoms with E-state index in [1.807, 2.05) is 39.0 Å². The number of nitrogens with zero attached hydrogens (tertiary/aromatic N) is 2. The third kappa shape index (κ3) is 6.23. The zero-order chi connectivity index (χ0) is 26.7. The van der Waals surface area contributed by atoms with Gasteiger partial charge in [0, 0.05) is 40.6 Å². The number of hydrogen-bond donors (Lipinski definition) is 1. The van der Waals surface area contributed by atoms with E-state index in [0.29, 0.717) is 49.2 Å². The summed E-state index contributed by atoms with van der Waals surface area (Å²) in [6.07, 6.45) is 1.70. The molecule has 1 N–H and O–H groups in total. The third-order valence-corrected chi connectivity index (χ3v) is 7.56. The summed E-state index contributed by atoms with van der Waals surface area (Å²) in [6.45, 7) is 8.25. The number of rotatable bonds is 6. The second-order valence-electron chi connectivity index (χ2n) is 10.3. The monoisotopic (exact) mass is 520 g/mol. The maximum absolute atomic E-state index is 12.5. The number of aryl methyl sites for hydroxylation is 1. The topological polar surface area (TPSA) is 99.9 Å². The number of likely N-dealkylation sites (tertiary alicyclic amines) is 1. The number of nitriles is 1. The van der Waals surface area contributed by atoms with Gasteiger partial charge in [-0.2, -0.15) is 5.26 Å². The van der Waals surface area contributed by atoms with E-state index >= 15 is 0 Å². The molecule has 0 radical (unpaired) electrons. The Bertz CT molecular complexity index is 1370. The number of benzene rings is 2. The van der Waals surface area contributed by atoms with Crippen LogP contribution >= 0.6 is 11.3 Å². The normalized spacial score (nSPS) is 15.5. The molecule has 8 heteroatoms. The van der Waals surface area contributed by atoms with Gasteiger partial charge in [0.05, 0.1) is 11.6 Å². The van der Waals surface area contributed by atoms with Crippen molar-refractivity contribution >= 4 is 33.5 Å². The van der Waals surface area contributed by atoms with Gasteiger partial charge in [0.25, 0.3) is 0 Å². The van der Waals surface area contributed by atoms with Crippen LogP contribution in [0.3, 0.4) is 0 Å². The van der Waals surface area contributed by atoms with Gasteiger partial charge < -0.3 is 19.5 Å². The van der Waals surface area contributed by atoms with Gasteiger partial charge >= 0.3 is 12.1 Å². The van der Waals surface area contributed by atoms with Crippen molar-refractivity contribution in [3.8, 4) is 17.6 Å². The number of carbonyl (C=O) groups excluding carboxylic acids is 2. The summed E-state index contributed by atoms with van der Waals surface area (Å²) in [5.41, 5.74) is 1.38. The smallest absolute Gasteiger partial charge is 0.410 e. The Hall–Kier alpha value is -3.57. The lowest BCUT2D eigenvalue weighted by molar-refractivity contribution is -0.134. The first-order chi connectivity index (χ1) is 17.6. The lowest BCUT2D eigenvalue weighted by atomic mass is 9.93. The molecular formula is C29H32N2O5S. The molecule has 0 unspecified atom stereocenters. The van der Waals surface area contributed by atoms with Crippen LogP contribution in [0.2, 0.25) is 0 Å². The van der Waals surface area contributed by atoms with Crippen molar-refractivity contribution in [2.24, 2.45) is 0 Å². The summed E-state index contributed by atoms with van der Waals surface area (Å²) in [5.74, 6) is 0.0699. The van der Waals surface area contributed by atoms with Gasteiger partial charge in [0.1, 0.15) is 17.1 Å². The maximum atomic E-state index is 12.5. The van der Waals surface area contributed by atoms with Crippen molar-refractivity contribution in [2.75, 3.05) is 13.1 Å². The number of phenolic OH excluding ortho intramolecular Hbond substituents is 1. The zero-order valence-corrected chi connectivity index (χ0v) is 22.5. The van der Waals surface area contributed by atoms with E-state index < -0.39 is 5.60 Å². The zero-order valence-electron chi connectivity index (χ0n) is 21.7. The number of phenols is 1. The molecule has 0 bridgehead atoms. The van der Waals surface area contributed by atoms with E-state index in [9.17, 15) is 20.0 Å². The Labute approximate surface area is 221 Å².